The van der Waals surface area contributed by atoms with Gasteiger partial charge in [0.1, 0.15) is 6.61 Å². The number of unbranched alkanes of at least 4 members (excludes halogenated alkanes) is 18. The fraction of sp³-hybridized carbons (Fsp3) is 0.660. The molecule has 0 rings (SSSR count). The van der Waals surface area contributed by atoms with E-state index in [0.717, 1.165) is 96.3 Å². The smallest absolute Gasteiger partial charge is 0.306 e. The van der Waals surface area contributed by atoms with E-state index in [9.17, 15) is 14.7 Å². The highest BCUT2D eigenvalue weighted by Crippen LogP contribution is 2.14. The minimum atomic E-state index is -0.784. The third-order valence-corrected chi connectivity index (χ3v) is 9.87. The number of allylic oxidation sites excluding steroid dienone is 16. The maximum atomic E-state index is 12.3. The van der Waals surface area contributed by atoms with Crippen LogP contribution in [0.5, 0.6) is 0 Å². The molecule has 330 valence electrons. The topological polar surface area (TPSA) is 72.8 Å². The molecule has 1 atom stereocenters. The van der Waals surface area contributed by atoms with Crippen molar-refractivity contribution < 1.29 is 24.2 Å². The van der Waals surface area contributed by atoms with E-state index in [1.165, 1.54) is 83.5 Å². The molecule has 0 aromatic rings. The van der Waals surface area contributed by atoms with Crippen LogP contribution in [0.3, 0.4) is 0 Å². The molecule has 58 heavy (non-hydrogen) atoms. The Kier molecular flexibility index (Phi) is 45.5. The summed E-state index contributed by atoms with van der Waals surface area (Å²) in [7, 11) is 0. The lowest BCUT2D eigenvalue weighted by molar-refractivity contribution is -0.161. The predicted octanol–water partition coefficient (Wildman–Crippen LogP) is 15.6. The molecule has 0 aromatic heterocycles. The zero-order valence-corrected chi connectivity index (χ0v) is 37.5. The lowest BCUT2D eigenvalue weighted by atomic mass is 10.0. The molecule has 5 heteroatoms. The van der Waals surface area contributed by atoms with E-state index in [1.807, 2.05) is 0 Å². The largest absolute Gasteiger partial charge is 0.462 e. The Balaban J connectivity index is 3.57. The van der Waals surface area contributed by atoms with Crippen molar-refractivity contribution in [3.63, 3.8) is 0 Å². The Morgan fingerprint density at radius 1 is 0.397 bits per heavy atom. The van der Waals surface area contributed by atoms with Crippen LogP contribution in [0.2, 0.25) is 0 Å². The molecule has 0 aliphatic heterocycles. The molecule has 0 aliphatic rings. The number of rotatable bonds is 42. The molecule has 0 saturated heterocycles. The summed E-state index contributed by atoms with van der Waals surface area (Å²) in [5.41, 5.74) is 0. The first-order valence-corrected chi connectivity index (χ1v) is 23.8. The van der Waals surface area contributed by atoms with Crippen LogP contribution in [0.1, 0.15) is 206 Å². The zero-order valence-electron chi connectivity index (χ0n) is 37.5. The van der Waals surface area contributed by atoms with Crippen molar-refractivity contribution >= 4 is 11.9 Å². The number of hydrogen-bond acceptors (Lipinski definition) is 5. The van der Waals surface area contributed by atoms with E-state index < -0.39 is 6.10 Å². The molecule has 0 amide bonds. The van der Waals surface area contributed by atoms with Gasteiger partial charge in [0.15, 0.2) is 6.10 Å². The van der Waals surface area contributed by atoms with Crippen LogP contribution in [-0.4, -0.2) is 36.4 Å². The van der Waals surface area contributed by atoms with Gasteiger partial charge in [0.2, 0.25) is 0 Å². The second-order valence-electron chi connectivity index (χ2n) is 15.4. The van der Waals surface area contributed by atoms with E-state index in [2.05, 4.69) is 111 Å². The number of carbonyl (C=O) groups excluding carboxylic acids is 2. The summed E-state index contributed by atoms with van der Waals surface area (Å²) in [5, 5.41) is 9.62. The first kappa shape index (κ1) is 54.8. The van der Waals surface area contributed by atoms with Gasteiger partial charge in [-0.3, -0.25) is 9.59 Å². The summed E-state index contributed by atoms with van der Waals surface area (Å²) >= 11 is 0. The summed E-state index contributed by atoms with van der Waals surface area (Å²) in [6.07, 6.45) is 67.7. The van der Waals surface area contributed by atoms with Crippen molar-refractivity contribution in [3.05, 3.63) is 97.2 Å². The van der Waals surface area contributed by atoms with Gasteiger partial charge in [0, 0.05) is 12.8 Å². The van der Waals surface area contributed by atoms with Crippen LogP contribution in [0.15, 0.2) is 97.2 Å². The maximum absolute atomic E-state index is 12.3. The fourth-order valence-corrected chi connectivity index (χ4v) is 6.36. The van der Waals surface area contributed by atoms with Crippen molar-refractivity contribution in [3.8, 4) is 0 Å². The number of carbonyl (C=O) groups is 2. The van der Waals surface area contributed by atoms with E-state index in [0.29, 0.717) is 12.8 Å². The molecule has 5 nitrogen and oxygen atoms in total. The van der Waals surface area contributed by atoms with E-state index in [1.54, 1.807) is 0 Å². The lowest BCUT2D eigenvalue weighted by Gasteiger charge is -2.15. The number of ether oxygens (including phenoxy) is 2. The molecule has 0 spiro atoms. The van der Waals surface area contributed by atoms with Crippen molar-refractivity contribution in [1.29, 1.82) is 0 Å². The van der Waals surface area contributed by atoms with Gasteiger partial charge in [-0.25, -0.2) is 0 Å². The Hall–Kier alpha value is -3.18. The minimum absolute atomic E-state index is 0.0770. The predicted molar refractivity (Wildman–Crippen MR) is 251 cm³/mol. The highest BCUT2D eigenvalue weighted by Gasteiger charge is 2.16. The van der Waals surface area contributed by atoms with Crippen LogP contribution in [0.4, 0.5) is 0 Å². The molecular formula is C53H88O5. The monoisotopic (exact) mass is 805 g/mol. The van der Waals surface area contributed by atoms with Gasteiger partial charge < -0.3 is 14.6 Å². The normalized spacial score (nSPS) is 13.1. The average molecular weight is 805 g/mol. The van der Waals surface area contributed by atoms with Gasteiger partial charge in [-0.05, 0) is 89.9 Å². The highest BCUT2D eigenvalue weighted by molar-refractivity contribution is 5.70. The first-order chi connectivity index (χ1) is 28.6. The van der Waals surface area contributed by atoms with Crippen LogP contribution in [0, 0.1) is 0 Å². The molecule has 0 aliphatic carbocycles. The van der Waals surface area contributed by atoms with Gasteiger partial charge >= 0.3 is 11.9 Å². The number of esters is 2. The highest BCUT2D eigenvalue weighted by atomic mass is 16.6. The third kappa shape index (κ3) is 45.5. The Labute approximate surface area is 358 Å². The standard InChI is InChI=1S/C53H88O5/c1-3-5-7-9-11-13-15-17-19-21-23-25-26-28-30-32-34-36-38-40-42-44-46-48-53(56)58-51(49-54)50-57-52(55)47-45-43-41-39-37-35-33-31-29-27-24-22-20-18-16-14-12-10-8-6-4-2/h5-8,11-14,17-20,23-25,27,51,54H,3-4,9-10,15-16,21-22,26,28-50H2,1-2H3/b7-5-,8-6-,13-11-,14-12-,19-17-,20-18-,25-23-,27-24-. The van der Waals surface area contributed by atoms with Crippen molar-refractivity contribution in [2.24, 2.45) is 0 Å². The number of hydrogen-bond donors (Lipinski definition) is 1. The second-order valence-corrected chi connectivity index (χ2v) is 15.4. The number of aliphatic hydroxyl groups excluding tert-OH is 1. The van der Waals surface area contributed by atoms with Crippen LogP contribution >= 0.6 is 0 Å². The van der Waals surface area contributed by atoms with Crippen LogP contribution in [0.25, 0.3) is 0 Å². The van der Waals surface area contributed by atoms with E-state index in [4.69, 9.17) is 9.47 Å². The molecule has 0 radical (unpaired) electrons. The molecule has 0 bridgehead atoms. The summed E-state index contributed by atoms with van der Waals surface area (Å²) in [6.45, 7) is 3.90. The Morgan fingerprint density at radius 2 is 0.690 bits per heavy atom. The number of aliphatic hydroxyl groups is 1. The SMILES string of the molecule is CC/C=C\C/C=C\C/C=C\C/C=C\CCCCCCCCCCCCC(=O)OC(CO)COC(=O)CCCCCCCCCC/C=C\C/C=C\C/C=C\C/C=C\CC. The summed E-state index contributed by atoms with van der Waals surface area (Å²) < 4.78 is 10.7. The van der Waals surface area contributed by atoms with Crippen LogP contribution in [-0.2, 0) is 19.1 Å². The molecule has 0 fully saturated rings. The van der Waals surface area contributed by atoms with E-state index >= 15 is 0 Å². The van der Waals surface area contributed by atoms with Gasteiger partial charge in [0.05, 0.1) is 6.61 Å². The summed E-state index contributed by atoms with van der Waals surface area (Å²) in [6, 6.07) is 0. The molecule has 0 saturated carbocycles. The fourth-order valence-electron chi connectivity index (χ4n) is 6.36. The summed E-state index contributed by atoms with van der Waals surface area (Å²) in [5.74, 6) is -0.609. The first-order valence-electron chi connectivity index (χ1n) is 23.8. The van der Waals surface area contributed by atoms with Crippen LogP contribution < -0.4 is 0 Å². The van der Waals surface area contributed by atoms with Gasteiger partial charge in [-0.1, -0.05) is 201 Å². The maximum Gasteiger partial charge on any atom is 0.306 e. The molecule has 1 unspecified atom stereocenters. The van der Waals surface area contributed by atoms with Gasteiger partial charge in [0.25, 0.3) is 0 Å². The van der Waals surface area contributed by atoms with Gasteiger partial charge in [-0.15, -0.1) is 0 Å². The average Bonchev–Trinajstić information content (AvgIpc) is 3.23. The molecule has 1 N–H and O–H groups in total. The quantitative estimate of drug-likeness (QED) is 0.0378. The molecular weight excluding hydrogens is 717 g/mol. The van der Waals surface area contributed by atoms with Crippen molar-refractivity contribution in [2.45, 2.75) is 213 Å². The van der Waals surface area contributed by atoms with Crippen molar-refractivity contribution in [1.82, 2.24) is 0 Å². The van der Waals surface area contributed by atoms with E-state index in [-0.39, 0.29) is 25.2 Å². The molecule has 0 aromatic carbocycles. The summed E-state index contributed by atoms with van der Waals surface area (Å²) in [4.78, 5) is 24.4. The second kappa shape index (κ2) is 48.2. The third-order valence-electron chi connectivity index (χ3n) is 9.87. The Bertz CT molecular complexity index is 1140. The lowest BCUT2D eigenvalue weighted by Crippen LogP contribution is -2.28. The zero-order chi connectivity index (χ0) is 42.1. The Morgan fingerprint density at radius 3 is 1.03 bits per heavy atom. The van der Waals surface area contributed by atoms with Crippen molar-refractivity contribution in [2.75, 3.05) is 13.2 Å². The molecule has 0 heterocycles. The minimum Gasteiger partial charge on any atom is -0.462 e. The van der Waals surface area contributed by atoms with Gasteiger partial charge in [-0.2, -0.15) is 0 Å².